The molecule has 0 aliphatic heterocycles. The number of hydrogen-bond donors (Lipinski definition) is 0. The minimum Gasteiger partial charge on any atom is -0.497 e. The number of hydrogen-bond acceptors (Lipinski definition) is 4. The van der Waals surface area contributed by atoms with Gasteiger partial charge in [-0.2, -0.15) is 0 Å². The molecular weight excluding hydrogens is 349 g/mol. The maximum atomic E-state index is 13.5. The van der Waals surface area contributed by atoms with E-state index in [2.05, 4.69) is 0 Å². The molecule has 0 heterocycles. The van der Waals surface area contributed by atoms with E-state index in [1.807, 2.05) is 24.3 Å². The van der Waals surface area contributed by atoms with Gasteiger partial charge in [0.05, 0.1) is 20.1 Å². The molecule has 6 heteroatoms. The number of esters is 1. The van der Waals surface area contributed by atoms with E-state index in [4.69, 9.17) is 9.47 Å². The Bertz CT molecular complexity index is 776. The van der Waals surface area contributed by atoms with Crippen molar-refractivity contribution in [3.63, 3.8) is 0 Å². The minimum atomic E-state index is -0.483. The monoisotopic (exact) mass is 373 g/mol. The highest BCUT2D eigenvalue weighted by molar-refractivity contribution is 5.94. The second kappa shape index (κ2) is 9.71. The van der Waals surface area contributed by atoms with Crippen LogP contribution in [-0.2, 0) is 16.0 Å². The Morgan fingerprint density at radius 3 is 2.41 bits per heavy atom. The van der Waals surface area contributed by atoms with E-state index >= 15 is 0 Å². The summed E-state index contributed by atoms with van der Waals surface area (Å²) in [7, 11) is 2.91. The fraction of sp³-hybridized carbons (Fsp3) is 0.333. The Morgan fingerprint density at radius 2 is 1.81 bits per heavy atom. The number of methoxy groups -OCH3 is 2. The minimum absolute atomic E-state index is 0.193. The Labute approximate surface area is 158 Å². The van der Waals surface area contributed by atoms with Crippen LogP contribution in [0.4, 0.5) is 4.39 Å². The molecule has 1 atom stereocenters. The van der Waals surface area contributed by atoms with Gasteiger partial charge in [0.25, 0.3) is 5.91 Å². The molecule has 1 amide bonds. The van der Waals surface area contributed by atoms with Crippen molar-refractivity contribution < 1.29 is 23.5 Å². The third-order valence-electron chi connectivity index (χ3n) is 4.29. The SMILES string of the molecule is COC(=O)C(C)CN(CCc1ccc(OC)cc1)C(=O)c1cccc(F)c1. The molecule has 144 valence electrons. The third-order valence-corrected chi connectivity index (χ3v) is 4.29. The summed E-state index contributed by atoms with van der Waals surface area (Å²) < 4.78 is 23.4. The van der Waals surface area contributed by atoms with E-state index in [1.54, 1.807) is 25.0 Å². The molecule has 0 fully saturated rings. The van der Waals surface area contributed by atoms with Crippen molar-refractivity contribution in [2.75, 3.05) is 27.3 Å². The van der Waals surface area contributed by atoms with Gasteiger partial charge in [0.1, 0.15) is 11.6 Å². The number of carbonyl (C=O) groups excluding carboxylic acids is 2. The lowest BCUT2D eigenvalue weighted by Gasteiger charge is -2.25. The molecule has 27 heavy (non-hydrogen) atoms. The average Bonchev–Trinajstić information content (AvgIpc) is 2.70. The van der Waals surface area contributed by atoms with Crippen LogP contribution in [0.2, 0.25) is 0 Å². The summed E-state index contributed by atoms with van der Waals surface area (Å²) in [6, 6.07) is 13.1. The van der Waals surface area contributed by atoms with E-state index in [1.165, 1.54) is 25.3 Å². The average molecular weight is 373 g/mol. The number of rotatable bonds is 8. The van der Waals surface area contributed by atoms with E-state index in [0.29, 0.717) is 13.0 Å². The number of ether oxygens (including phenoxy) is 2. The fourth-order valence-electron chi connectivity index (χ4n) is 2.74. The summed E-state index contributed by atoms with van der Waals surface area (Å²) in [6.45, 7) is 2.28. The van der Waals surface area contributed by atoms with Crippen molar-refractivity contribution in [3.05, 3.63) is 65.5 Å². The van der Waals surface area contributed by atoms with Crippen LogP contribution in [-0.4, -0.2) is 44.1 Å². The van der Waals surface area contributed by atoms with Gasteiger partial charge in [-0.25, -0.2) is 4.39 Å². The quantitative estimate of drug-likeness (QED) is 0.666. The number of benzene rings is 2. The van der Waals surface area contributed by atoms with E-state index in [9.17, 15) is 14.0 Å². The molecule has 2 aromatic rings. The molecule has 0 aliphatic rings. The van der Waals surface area contributed by atoms with Crippen molar-refractivity contribution in [2.45, 2.75) is 13.3 Å². The van der Waals surface area contributed by atoms with Gasteiger partial charge >= 0.3 is 5.97 Å². The molecule has 2 rings (SSSR count). The summed E-state index contributed by atoms with van der Waals surface area (Å²) in [6.07, 6.45) is 0.596. The standard InChI is InChI=1S/C21H24FNO4/c1-15(21(25)27-3)14-23(20(24)17-5-4-6-18(22)13-17)12-11-16-7-9-19(26-2)10-8-16/h4-10,13,15H,11-12,14H2,1-3H3. The molecule has 2 aromatic carbocycles. The van der Waals surface area contributed by atoms with Gasteiger partial charge in [0.2, 0.25) is 0 Å². The molecule has 0 N–H and O–H groups in total. The van der Waals surface area contributed by atoms with Crippen LogP contribution >= 0.6 is 0 Å². The highest BCUT2D eigenvalue weighted by atomic mass is 19.1. The van der Waals surface area contributed by atoms with Crippen molar-refractivity contribution >= 4 is 11.9 Å². The first kappa shape index (κ1) is 20.4. The Balaban J connectivity index is 2.15. The van der Waals surface area contributed by atoms with Gasteiger partial charge < -0.3 is 14.4 Å². The first-order valence-electron chi connectivity index (χ1n) is 8.70. The molecule has 0 aliphatic carbocycles. The second-order valence-electron chi connectivity index (χ2n) is 6.28. The molecule has 0 bridgehead atoms. The van der Waals surface area contributed by atoms with E-state index in [0.717, 1.165) is 11.3 Å². The maximum Gasteiger partial charge on any atom is 0.310 e. The van der Waals surface area contributed by atoms with Gasteiger partial charge in [-0.05, 0) is 42.3 Å². The summed E-state index contributed by atoms with van der Waals surface area (Å²) in [5.74, 6) is -0.915. The van der Waals surface area contributed by atoms with Crippen LogP contribution in [0.3, 0.4) is 0 Å². The van der Waals surface area contributed by atoms with Crippen LogP contribution in [0.15, 0.2) is 48.5 Å². The first-order valence-corrected chi connectivity index (χ1v) is 8.70. The van der Waals surface area contributed by atoms with Crippen LogP contribution < -0.4 is 4.74 Å². The molecule has 0 saturated heterocycles. The Kier molecular flexibility index (Phi) is 7.34. The zero-order chi connectivity index (χ0) is 19.8. The molecular formula is C21H24FNO4. The van der Waals surface area contributed by atoms with Crippen molar-refractivity contribution in [1.29, 1.82) is 0 Å². The molecule has 0 radical (unpaired) electrons. The second-order valence-corrected chi connectivity index (χ2v) is 6.28. The predicted molar refractivity (Wildman–Crippen MR) is 100 cm³/mol. The largest absolute Gasteiger partial charge is 0.497 e. The van der Waals surface area contributed by atoms with Crippen LogP contribution in [0.1, 0.15) is 22.8 Å². The number of carbonyl (C=O) groups is 2. The number of amides is 1. The maximum absolute atomic E-state index is 13.5. The summed E-state index contributed by atoms with van der Waals surface area (Å²) in [4.78, 5) is 26.2. The summed E-state index contributed by atoms with van der Waals surface area (Å²) >= 11 is 0. The topological polar surface area (TPSA) is 55.8 Å². The lowest BCUT2D eigenvalue weighted by molar-refractivity contribution is -0.145. The van der Waals surface area contributed by atoms with Crippen molar-refractivity contribution in [2.24, 2.45) is 5.92 Å². The Morgan fingerprint density at radius 1 is 1.11 bits per heavy atom. The first-order chi connectivity index (χ1) is 12.9. The van der Waals surface area contributed by atoms with E-state index < -0.39 is 17.7 Å². The predicted octanol–water partition coefficient (Wildman–Crippen LogP) is 3.33. The van der Waals surface area contributed by atoms with Gasteiger partial charge in [0.15, 0.2) is 0 Å². The summed E-state index contributed by atoms with van der Waals surface area (Å²) in [5, 5.41) is 0. The molecule has 0 saturated carbocycles. The molecule has 5 nitrogen and oxygen atoms in total. The molecule has 0 spiro atoms. The van der Waals surface area contributed by atoms with Crippen molar-refractivity contribution in [3.8, 4) is 5.75 Å². The fourth-order valence-corrected chi connectivity index (χ4v) is 2.74. The zero-order valence-corrected chi connectivity index (χ0v) is 15.8. The van der Waals surface area contributed by atoms with Crippen LogP contribution in [0, 0.1) is 11.7 Å². The lowest BCUT2D eigenvalue weighted by Crippen LogP contribution is -2.38. The normalized spacial score (nSPS) is 11.6. The lowest BCUT2D eigenvalue weighted by atomic mass is 10.1. The third kappa shape index (κ3) is 5.81. The van der Waals surface area contributed by atoms with E-state index in [-0.39, 0.29) is 18.0 Å². The molecule has 1 unspecified atom stereocenters. The number of halogens is 1. The van der Waals surface area contributed by atoms with Gasteiger partial charge in [0, 0.05) is 18.7 Å². The van der Waals surface area contributed by atoms with Gasteiger partial charge in [-0.15, -0.1) is 0 Å². The highest BCUT2D eigenvalue weighted by Crippen LogP contribution is 2.15. The van der Waals surface area contributed by atoms with Gasteiger partial charge in [-0.3, -0.25) is 9.59 Å². The van der Waals surface area contributed by atoms with Crippen LogP contribution in [0.5, 0.6) is 5.75 Å². The Hall–Kier alpha value is -2.89. The summed E-state index contributed by atoms with van der Waals surface area (Å²) in [5.41, 5.74) is 1.28. The zero-order valence-electron chi connectivity index (χ0n) is 15.8. The molecule has 0 aromatic heterocycles. The number of nitrogens with zero attached hydrogens (tertiary/aromatic N) is 1. The highest BCUT2D eigenvalue weighted by Gasteiger charge is 2.22. The smallest absolute Gasteiger partial charge is 0.310 e. The van der Waals surface area contributed by atoms with Gasteiger partial charge in [-0.1, -0.05) is 25.1 Å². The van der Waals surface area contributed by atoms with Crippen molar-refractivity contribution in [1.82, 2.24) is 4.90 Å². The van der Waals surface area contributed by atoms with Crippen LogP contribution in [0.25, 0.3) is 0 Å².